The van der Waals surface area contributed by atoms with E-state index in [1.54, 1.807) is 11.3 Å². The van der Waals surface area contributed by atoms with Crippen molar-refractivity contribution in [3.05, 3.63) is 45.9 Å². The Balaban J connectivity index is 1.71. The van der Waals surface area contributed by atoms with Crippen LogP contribution >= 0.6 is 22.7 Å². The summed E-state index contributed by atoms with van der Waals surface area (Å²) < 4.78 is 2.10. The molecule has 0 aliphatic carbocycles. The summed E-state index contributed by atoms with van der Waals surface area (Å²) in [5.74, 6) is 0. The van der Waals surface area contributed by atoms with Crippen LogP contribution < -0.4 is 5.32 Å². The maximum absolute atomic E-state index is 4.63. The number of aromatic nitrogens is 2. The highest BCUT2D eigenvalue weighted by atomic mass is 32.1. The topological polar surface area (TPSA) is 29.3 Å². The molecule has 0 aliphatic rings. The fourth-order valence-corrected chi connectivity index (χ4v) is 3.58. The minimum atomic E-state index is 0.452. The van der Waals surface area contributed by atoms with Crippen molar-refractivity contribution in [2.45, 2.75) is 18.9 Å². The summed E-state index contributed by atoms with van der Waals surface area (Å²) in [7, 11) is 2.02. The van der Waals surface area contributed by atoms with E-state index in [9.17, 15) is 0 Å². The lowest BCUT2D eigenvalue weighted by molar-refractivity contribution is 0.555. The Kier molecular flexibility index (Phi) is 3.45. The van der Waals surface area contributed by atoms with Crippen molar-refractivity contribution in [1.29, 1.82) is 0 Å². The molecule has 0 amide bonds. The maximum Gasteiger partial charge on any atom is 0.193 e. The van der Waals surface area contributed by atoms with Gasteiger partial charge in [-0.05, 0) is 24.9 Å². The number of hydrogen-bond donors (Lipinski definition) is 1. The van der Waals surface area contributed by atoms with Crippen LogP contribution in [0.5, 0.6) is 0 Å². The molecule has 0 radical (unpaired) electrons. The SMILES string of the molecule is CNC(Cc1cn2ccsc2n1)Cc1cccs1. The molecule has 3 nitrogen and oxygen atoms in total. The Labute approximate surface area is 114 Å². The summed E-state index contributed by atoms with van der Waals surface area (Å²) in [6.45, 7) is 0. The van der Waals surface area contributed by atoms with Gasteiger partial charge >= 0.3 is 0 Å². The minimum absolute atomic E-state index is 0.452. The molecule has 0 saturated carbocycles. The van der Waals surface area contributed by atoms with Crippen LogP contribution in [0.2, 0.25) is 0 Å². The molecule has 94 valence electrons. The number of rotatable bonds is 5. The summed E-state index contributed by atoms with van der Waals surface area (Å²) in [4.78, 5) is 7.14. The molecule has 18 heavy (non-hydrogen) atoms. The Morgan fingerprint density at radius 2 is 2.28 bits per heavy atom. The summed E-state index contributed by atoms with van der Waals surface area (Å²) >= 11 is 3.50. The zero-order chi connectivity index (χ0) is 12.4. The van der Waals surface area contributed by atoms with Crippen molar-refractivity contribution < 1.29 is 0 Å². The number of nitrogens with zero attached hydrogens (tertiary/aromatic N) is 2. The number of hydrogen-bond acceptors (Lipinski definition) is 4. The average Bonchev–Trinajstić information content (AvgIpc) is 3.03. The van der Waals surface area contributed by atoms with Gasteiger partial charge in [-0.25, -0.2) is 4.98 Å². The average molecular weight is 277 g/mol. The third kappa shape index (κ3) is 2.48. The van der Waals surface area contributed by atoms with Crippen molar-refractivity contribution in [1.82, 2.24) is 14.7 Å². The van der Waals surface area contributed by atoms with Gasteiger partial charge in [0, 0.05) is 35.1 Å². The predicted octanol–water partition coefficient (Wildman–Crippen LogP) is 2.83. The smallest absolute Gasteiger partial charge is 0.193 e. The summed E-state index contributed by atoms with van der Waals surface area (Å²) in [6.07, 6.45) is 6.23. The highest BCUT2D eigenvalue weighted by Crippen LogP contribution is 2.16. The molecular weight excluding hydrogens is 262 g/mol. The van der Waals surface area contributed by atoms with E-state index in [2.05, 4.69) is 50.0 Å². The van der Waals surface area contributed by atoms with E-state index in [4.69, 9.17) is 0 Å². The Bertz CT molecular complexity index is 581. The van der Waals surface area contributed by atoms with Crippen LogP contribution in [0.3, 0.4) is 0 Å². The second-order valence-electron chi connectivity index (χ2n) is 4.30. The molecular formula is C13H15N3S2. The maximum atomic E-state index is 4.63. The molecule has 0 bridgehead atoms. The highest BCUT2D eigenvalue weighted by molar-refractivity contribution is 7.15. The largest absolute Gasteiger partial charge is 0.316 e. The lowest BCUT2D eigenvalue weighted by Crippen LogP contribution is -2.29. The Hall–Kier alpha value is -1.17. The molecule has 0 spiro atoms. The molecule has 3 aromatic rings. The molecule has 1 atom stereocenters. The van der Waals surface area contributed by atoms with E-state index in [1.807, 2.05) is 18.4 Å². The Morgan fingerprint density at radius 3 is 3.00 bits per heavy atom. The summed E-state index contributed by atoms with van der Waals surface area (Å²) in [6, 6.07) is 4.76. The second kappa shape index (κ2) is 5.22. The van der Waals surface area contributed by atoms with Gasteiger partial charge in [0.05, 0.1) is 5.69 Å². The number of fused-ring (bicyclic) bond motifs is 1. The van der Waals surface area contributed by atoms with Crippen molar-refractivity contribution in [3.63, 3.8) is 0 Å². The molecule has 0 aromatic carbocycles. The first kappa shape index (κ1) is 11.9. The number of imidazole rings is 1. The predicted molar refractivity (Wildman–Crippen MR) is 77.6 cm³/mol. The van der Waals surface area contributed by atoms with Gasteiger partial charge in [-0.2, -0.15) is 0 Å². The van der Waals surface area contributed by atoms with Crippen LogP contribution in [-0.2, 0) is 12.8 Å². The molecule has 0 aliphatic heterocycles. The van der Waals surface area contributed by atoms with Gasteiger partial charge in [0.25, 0.3) is 0 Å². The van der Waals surface area contributed by atoms with Gasteiger partial charge in [-0.3, -0.25) is 4.40 Å². The van der Waals surface area contributed by atoms with Gasteiger partial charge in [0.15, 0.2) is 4.96 Å². The molecule has 0 saturated heterocycles. The van der Waals surface area contributed by atoms with Crippen LogP contribution in [0.25, 0.3) is 4.96 Å². The monoisotopic (exact) mass is 277 g/mol. The van der Waals surface area contributed by atoms with Crippen LogP contribution in [0.4, 0.5) is 0 Å². The molecule has 3 aromatic heterocycles. The fourth-order valence-electron chi connectivity index (χ4n) is 2.07. The molecule has 3 rings (SSSR count). The van der Waals surface area contributed by atoms with Crippen LogP contribution in [0.1, 0.15) is 10.6 Å². The van der Waals surface area contributed by atoms with E-state index in [1.165, 1.54) is 4.88 Å². The molecule has 1 N–H and O–H groups in total. The normalized spacial score (nSPS) is 13.2. The number of likely N-dealkylation sites (N-methyl/N-ethyl adjacent to an activating group) is 1. The van der Waals surface area contributed by atoms with Crippen molar-refractivity contribution in [3.8, 4) is 0 Å². The number of thiazole rings is 1. The lowest BCUT2D eigenvalue weighted by Gasteiger charge is -2.13. The summed E-state index contributed by atoms with van der Waals surface area (Å²) in [5.41, 5.74) is 1.16. The highest BCUT2D eigenvalue weighted by Gasteiger charge is 2.12. The Morgan fingerprint density at radius 1 is 1.33 bits per heavy atom. The lowest BCUT2D eigenvalue weighted by atomic mass is 10.1. The summed E-state index contributed by atoms with van der Waals surface area (Å²) in [5, 5.41) is 7.58. The first-order valence-corrected chi connectivity index (χ1v) is 7.72. The molecule has 1 unspecified atom stereocenters. The fraction of sp³-hybridized carbons (Fsp3) is 0.308. The van der Waals surface area contributed by atoms with Crippen molar-refractivity contribution in [2.24, 2.45) is 0 Å². The molecule has 0 fully saturated rings. The van der Waals surface area contributed by atoms with Crippen LogP contribution in [0, 0.1) is 0 Å². The third-order valence-corrected chi connectivity index (χ3v) is 4.70. The molecule has 3 heterocycles. The van der Waals surface area contributed by atoms with Crippen molar-refractivity contribution >= 4 is 27.6 Å². The van der Waals surface area contributed by atoms with Crippen molar-refractivity contribution in [2.75, 3.05) is 7.05 Å². The zero-order valence-electron chi connectivity index (χ0n) is 10.2. The number of nitrogens with one attached hydrogen (secondary N) is 1. The van der Waals surface area contributed by atoms with Crippen LogP contribution in [0.15, 0.2) is 35.3 Å². The first-order valence-electron chi connectivity index (χ1n) is 5.96. The number of thiophene rings is 1. The van der Waals surface area contributed by atoms with E-state index in [-0.39, 0.29) is 0 Å². The van der Waals surface area contributed by atoms with Gasteiger partial charge in [0.1, 0.15) is 0 Å². The molecule has 5 heteroatoms. The van der Waals surface area contributed by atoms with Crippen LogP contribution in [-0.4, -0.2) is 22.5 Å². The van der Waals surface area contributed by atoms with E-state index < -0.39 is 0 Å². The van der Waals surface area contributed by atoms with E-state index in [0.717, 1.165) is 23.5 Å². The second-order valence-corrected chi connectivity index (χ2v) is 6.20. The minimum Gasteiger partial charge on any atom is -0.316 e. The van der Waals surface area contributed by atoms with Gasteiger partial charge < -0.3 is 5.32 Å². The van der Waals surface area contributed by atoms with Gasteiger partial charge in [-0.1, -0.05) is 6.07 Å². The van der Waals surface area contributed by atoms with E-state index >= 15 is 0 Å². The first-order chi connectivity index (χ1) is 8.85. The van der Waals surface area contributed by atoms with Gasteiger partial charge in [-0.15, -0.1) is 22.7 Å². The van der Waals surface area contributed by atoms with E-state index in [0.29, 0.717) is 6.04 Å². The zero-order valence-corrected chi connectivity index (χ0v) is 11.8. The van der Waals surface area contributed by atoms with Gasteiger partial charge in [0.2, 0.25) is 0 Å². The third-order valence-electron chi connectivity index (χ3n) is 3.03. The quantitative estimate of drug-likeness (QED) is 0.777. The standard InChI is InChI=1S/C13H15N3S2/c1-14-10(8-12-3-2-5-17-12)7-11-9-16-4-6-18-13(16)15-11/h2-6,9-10,14H,7-8H2,1H3.